The highest BCUT2D eigenvalue weighted by Crippen LogP contribution is 2.43. The van der Waals surface area contributed by atoms with E-state index in [1.54, 1.807) is 24.3 Å². The molecule has 0 atom stereocenters. The van der Waals surface area contributed by atoms with Gasteiger partial charge in [-0.25, -0.2) is 0 Å². The Labute approximate surface area is 191 Å². The molecule has 0 heterocycles. The summed E-state index contributed by atoms with van der Waals surface area (Å²) in [6.45, 7) is 2.00. The Kier molecular flexibility index (Phi) is 7.62. The third-order valence-corrected chi connectivity index (χ3v) is 6.72. The van der Waals surface area contributed by atoms with Gasteiger partial charge in [0.05, 0.1) is 11.0 Å². The zero-order valence-electron chi connectivity index (χ0n) is 18.6. The van der Waals surface area contributed by atoms with Gasteiger partial charge in [0.2, 0.25) is 0 Å². The molecule has 1 aliphatic carbocycles. The first kappa shape index (κ1) is 25.0. The monoisotopic (exact) mass is 462 g/mol. The fourth-order valence-electron chi connectivity index (χ4n) is 4.56. The number of hydrogen-bond donors (Lipinski definition) is 2. The van der Waals surface area contributed by atoms with Crippen LogP contribution in [0.1, 0.15) is 66.9 Å². The summed E-state index contributed by atoms with van der Waals surface area (Å²) in [6.07, 6.45) is -1.40. The van der Waals surface area contributed by atoms with E-state index in [4.69, 9.17) is 0 Å². The van der Waals surface area contributed by atoms with Gasteiger partial charge in [-0.3, -0.25) is 9.59 Å². The first-order valence-electron chi connectivity index (χ1n) is 11.2. The zero-order valence-corrected chi connectivity index (χ0v) is 18.6. The summed E-state index contributed by atoms with van der Waals surface area (Å²) >= 11 is 0. The Hall–Kier alpha value is -2.67. The lowest BCUT2D eigenvalue weighted by atomic mass is 9.68. The van der Waals surface area contributed by atoms with Crippen LogP contribution in [0.3, 0.4) is 0 Å². The lowest BCUT2D eigenvalue weighted by molar-refractivity contribution is -0.151. The molecule has 1 fully saturated rings. The van der Waals surface area contributed by atoms with Crippen molar-refractivity contribution in [3.8, 4) is 11.1 Å². The minimum absolute atomic E-state index is 0.0672. The van der Waals surface area contributed by atoms with Crippen LogP contribution in [-0.2, 0) is 17.4 Å². The number of carboxylic acids is 1. The maximum Gasteiger partial charge on any atom is 0.416 e. The Balaban J connectivity index is 1.97. The van der Waals surface area contributed by atoms with Gasteiger partial charge in [-0.2, -0.15) is 13.2 Å². The lowest BCUT2D eigenvalue weighted by Crippen LogP contribution is -2.37. The third-order valence-electron chi connectivity index (χ3n) is 6.72. The highest BCUT2D eigenvalue weighted by molar-refractivity contribution is 6.00. The van der Waals surface area contributed by atoms with Crippen LogP contribution >= 0.6 is 0 Å². The van der Waals surface area contributed by atoms with Crippen LogP contribution in [0, 0.1) is 11.3 Å². The second kappa shape index (κ2) is 10.1. The zero-order chi connectivity index (χ0) is 24.2. The molecule has 3 rings (SSSR count). The summed E-state index contributed by atoms with van der Waals surface area (Å²) in [6, 6.07) is 9.78. The first-order chi connectivity index (χ1) is 15.6. The van der Waals surface area contributed by atoms with Gasteiger partial charge >= 0.3 is 12.1 Å². The van der Waals surface area contributed by atoms with Crippen molar-refractivity contribution in [2.24, 2.45) is 11.3 Å². The van der Waals surface area contributed by atoms with Crippen LogP contribution in [0.2, 0.25) is 0 Å². The van der Waals surface area contributed by atoms with Crippen molar-refractivity contribution in [1.29, 1.82) is 0 Å². The van der Waals surface area contributed by atoms with Gasteiger partial charge in [-0.05, 0) is 79.3 Å². The van der Waals surface area contributed by atoms with Gasteiger partial charge in [0.1, 0.15) is 0 Å². The Morgan fingerprint density at radius 2 is 1.79 bits per heavy atom. The fourth-order valence-corrected chi connectivity index (χ4v) is 4.56. The highest BCUT2D eigenvalue weighted by Gasteiger charge is 2.43. The molecule has 0 unspecified atom stereocenters. The van der Waals surface area contributed by atoms with Crippen molar-refractivity contribution >= 4 is 11.8 Å². The third kappa shape index (κ3) is 5.82. The summed E-state index contributed by atoms with van der Waals surface area (Å²) in [5, 5.41) is 19.1. The van der Waals surface area contributed by atoms with E-state index in [0.717, 1.165) is 30.5 Å². The number of benzene rings is 2. The molecule has 0 bridgehead atoms. The average molecular weight is 463 g/mol. The number of ketones is 1. The number of carbonyl (C=O) groups excluding carboxylic acids is 1. The summed E-state index contributed by atoms with van der Waals surface area (Å²) in [5.41, 5.74) is -0.0659. The molecule has 2 aromatic rings. The van der Waals surface area contributed by atoms with Crippen LogP contribution in [0.4, 0.5) is 13.2 Å². The van der Waals surface area contributed by atoms with E-state index in [1.165, 1.54) is 6.07 Å². The predicted octanol–water partition coefficient (Wildman–Crippen LogP) is 6.15. The van der Waals surface area contributed by atoms with E-state index in [2.05, 4.69) is 6.92 Å². The van der Waals surface area contributed by atoms with Crippen LogP contribution in [0.15, 0.2) is 42.5 Å². The largest absolute Gasteiger partial charge is 0.481 e. The van der Waals surface area contributed by atoms with E-state index in [9.17, 15) is 33.0 Å². The van der Waals surface area contributed by atoms with Gasteiger partial charge in [-0.1, -0.05) is 31.2 Å². The number of rotatable bonds is 8. The number of hydrogen-bond acceptors (Lipinski definition) is 3. The van der Waals surface area contributed by atoms with Crippen LogP contribution in [0.25, 0.3) is 11.1 Å². The number of alkyl halides is 3. The molecular weight excluding hydrogens is 433 g/mol. The summed E-state index contributed by atoms with van der Waals surface area (Å²) in [4.78, 5) is 25.2. The fraction of sp³-hybridized carbons (Fsp3) is 0.462. The molecule has 7 heteroatoms. The lowest BCUT2D eigenvalue weighted by Gasteiger charge is -2.35. The summed E-state index contributed by atoms with van der Waals surface area (Å²) in [5.74, 6) is -0.875. The number of aryl methyl sites for hydroxylation is 1. The van der Waals surface area contributed by atoms with Gasteiger partial charge in [0, 0.05) is 18.6 Å². The van der Waals surface area contributed by atoms with Crippen molar-refractivity contribution in [2.75, 3.05) is 6.61 Å². The maximum atomic E-state index is 13.3. The molecule has 1 saturated carbocycles. The summed E-state index contributed by atoms with van der Waals surface area (Å²) < 4.78 is 39.8. The van der Waals surface area contributed by atoms with Gasteiger partial charge in [0.25, 0.3) is 0 Å². The molecule has 2 N–H and O–H groups in total. The number of carbonyl (C=O) groups is 2. The standard InChI is InChI=1S/C26H29F3O4/c1-17-9-11-25(12-10-17,24(32)33)16-23(31)20-8-7-18(5-3-13-30)22(15-20)19-4-2-6-21(14-19)26(27,28)29/h2,4,6-8,14-15,17,30H,3,5,9-13,16H2,1H3,(H,32,33). The Morgan fingerprint density at radius 1 is 1.09 bits per heavy atom. The van der Waals surface area contributed by atoms with E-state index >= 15 is 0 Å². The second-order valence-corrected chi connectivity index (χ2v) is 9.15. The van der Waals surface area contributed by atoms with Crippen molar-refractivity contribution in [3.63, 3.8) is 0 Å². The number of carboxylic acid groups (broad SMARTS) is 1. The molecule has 0 aliphatic heterocycles. The van der Waals surface area contributed by atoms with Crippen LogP contribution in [0.5, 0.6) is 0 Å². The molecule has 0 amide bonds. The van der Waals surface area contributed by atoms with Crippen molar-refractivity contribution < 1.29 is 33.0 Å². The van der Waals surface area contributed by atoms with E-state index < -0.39 is 23.1 Å². The molecule has 0 aromatic heterocycles. The predicted molar refractivity (Wildman–Crippen MR) is 119 cm³/mol. The molecular formula is C26H29F3O4. The minimum atomic E-state index is -4.50. The molecule has 178 valence electrons. The van der Waals surface area contributed by atoms with Crippen molar-refractivity contribution in [1.82, 2.24) is 0 Å². The first-order valence-corrected chi connectivity index (χ1v) is 11.2. The minimum Gasteiger partial charge on any atom is -0.481 e. The number of aliphatic hydroxyl groups excluding tert-OH is 1. The molecule has 4 nitrogen and oxygen atoms in total. The van der Waals surface area contributed by atoms with E-state index in [-0.39, 0.29) is 24.4 Å². The quantitative estimate of drug-likeness (QED) is 0.462. The van der Waals surface area contributed by atoms with E-state index in [1.807, 2.05) is 0 Å². The number of Topliss-reactive ketones (excluding diaryl/α,β-unsaturated/α-hetero) is 1. The van der Waals surface area contributed by atoms with Crippen LogP contribution < -0.4 is 0 Å². The van der Waals surface area contributed by atoms with Crippen LogP contribution in [-0.4, -0.2) is 28.6 Å². The molecule has 2 aromatic carbocycles. The number of aliphatic carboxylic acids is 1. The molecule has 0 spiro atoms. The molecule has 0 radical (unpaired) electrons. The Bertz CT molecular complexity index is 1000. The highest BCUT2D eigenvalue weighted by atomic mass is 19.4. The van der Waals surface area contributed by atoms with E-state index in [0.29, 0.717) is 42.7 Å². The van der Waals surface area contributed by atoms with Gasteiger partial charge in [-0.15, -0.1) is 0 Å². The number of aliphatic hydroxyl groups is 1. The smallest absolute Gasteiger partial charge is 0.416 e. The van der Waals surface area contributed by atoms with Gasteiger partial charge in [0.15, 0.2) is 5.78 Å². The topological polar surface area (TPSA) is 74.6 Å². The summed E-state index contributed by atoms with van der Waals surface area (Å²) in [7, 11) is 0. The van der Waals surface area contributed by atoms with Gasteiger partial charge < -0.3 is 10.2 Å². The average Bonchev–Trinajstić information content (AvgIpc) is 2.78. The maximum absolute atomic E-state index is 13.3. The van der Waals surface area contributed by atoms with Crippen molar-refractivity contribution in [2.45, 2.75) is 58.0 Å². The van der Waals surface area contributed by atoms with Crippen molar-refractivity contribution in [3.05, 3.63) is 59.2 Å². The second-order valence-electron chi connectivity index (χ2n) is 9.15. The molecule has 33 heavy (non-hydrogen) atoms. The normalized spacial score (nSPS) is 21.1. The molecule has 1 aliphatic rings. The SMILES string of the molecule is CC1CCC(CC(=O)c2ccc(CCCO)c(-c3cccc(C(F)(F)F)c3)c2)(C(=O)O)CC1. The number of halogens is 3. The molecule has 0 saturated heterocycles. The Morgan fingerprint density at radius 3 is 2.39 bits per heavy atom.